The van der Waals surface area contributed by atoms with Crippen LogP contribution >= 0.6 is 11.8 Å². The average molecular weight is 375 g/mol. The van der Waals surface area contributed by atoms with Crippen molar-refractivity contribution in [3.63, 3.8) is 0 Å². The van der Waals surface area contributed by atoms with E-state index in [1.807, 2.05) is 25.1 Å². The van der Waals surface area contributed by atoms with Crippen molar-refractivity contribution in [3.05, 3.63) is 29.3 Å². The molecule has 1 aromatic rings. The monoisotopic (exact) mass is 374 g/mol. The van der Waals surface area contributed by atoms with Gasteiger partial charge >= 0.3 is 5.97 Å². The largest absolute Gasteiger partial charge is 0.465 e. The fraction of sp³-hybridized carbons (Fsp3) is 0.636. The van der Waals surface area contributed by atoms with E-state index in [0.29, 0.717) is 18.3 Å². The molecule has 0 bridgehead atoms. The van der Waals surface area contributed by atoms with E-state index in [0.717, 1.165) is 47.5 Å². The Balaban J connectivity index is 1.71. The van der Waals surface area contributed by atoms with Crippen molar-refractivity contribution in [2.75, 3.05) is 12.4 Å². The summed E-state index contributed by atoms with van der Waals surface area (Å²) in [6.45, 7) is 4.53. The topological polar surface area (TPSA) is 43.4 Å². The first-order chi connectivity index (χ1) is 12.6. The van der Waals surface area contributed by atoms with Gasteiger partial charge in [-0.2, -0.15) is 0 Å². The summed E-state index contributed by atoms with van der Waals surface area (Å²) in [4.78, 5) is 26.3. The van der Waals surface area contributed by atoms with Crippen LogP contribution in [0.5, 0.6) is 0 Å². The fourth-order valence-electron chi connectivity index (χ4n) is 4.07. The number of unbranched alkanes of at least 4 members (excludes halogenated alkanes) is 2. The van der Waals surface area contributed by atoms with E-state index in [4.69, 9.17) is 4.74 Å². The van der Waals surface area contributed by atoms with Crippen LogP contribution in [0.3, 0.4) is 0 Å². The Morgan fingerprint density at radius 2 is 2.08 bits per heavy atom. The first-order valence-corrected chi connectivity index (χ1v) is 11.1. The maximum Gasteiger partial charge on any atom is 0.313 e. The molecule has 1 heterocycles. The van der Waals surface area contributed by atoms with Gasteiger partial charge in [0.25, 0.3) is 0 Å². The molecule has 3 nitrogen and oxygen atoms in total. The second-order valence-electron chi connectivity index (χ2n) is 7.68. The van der Waals surface area contributed by atoms with Crippen LogP contribution in [-0.2, 0) is 9.53 Å². The van der Waals surface area contributed by atoms with Gasteiger partial charge in [-0.05, 0) is 49.8 Å². The van der Waals surface area contributed by atoms with Crippen LogP contribution in [0.4, 0.5) is 0 Å². The highest BCUT2D eigenvalue weighted by Gasteiger charge is 2.35. The van der Waals surface area contributed by atoms with Crippen molar-refractivity contribution in [3.8, 4) is 0 Å². The molecule has 0 spiro atoms. The molecule has 1 aliphatic heterocycles. The Morgan fingerprint density at radius 3 is 2.88 bits per heavy atom. The van der Waals surface area contributed by atoms with E-state index >= 15 is 0 Å². The lowest BCUT2D eigenvalue weighted by Gasteiger charge is -2.28. The molecule has 0 N–H and O–H groups in total. The van der Waals surface area contributed by atoms with Crippen LogP contribution < -0.4 is 0 Å². The van der Waals surface area contributed by atoms with Crippen LogP contribution in [0.25, 0.3) is 0 Å². The van der Waals surface area contributed by atoms with Gasteiger partial charge in [-0.1, -0.05) is 38.7 Å². The molecule has 4 heteroatoms. The SMILES string of the molecule is CCCCCOC(=O)C(C)c1ccc2c(c1)SCC1CCCCC1C2=O. The van der Waals surface area contributed by atoms with E-state index < -0.39 is 0 Å². The van der Waals surface area contributed by atoms with E-state index in [1.54, 1.807) is 11.8 Å². The molecular weight excluding hydrogens is 344 g/mol. The van der Waals surface area contributed by atoms with Crippen molar-refractivity contribution < 1.29 is 14.3 Å². The zero-order valence-electron chi connectivity index (χ0n) is 16.0. The van der Waals surface area contributed by atoms with Gasteiger partial charge in [-0.3, -0.25) is 9.59 Å². The standard InChI is InChI=1S/C22H30O3S/c1-3-4-7-12-25-22(24)15(2)16-10-11-19-20(13-16)26-14-17-8-5-6-9-18(17)21(19)23/h10-11,13,15,17-18H,3-9,12,14H2,1-2H3. The molecule has 1 aliphatic carbocycles. The molecule has 1 aromatic carbocycles. The summed E-state index contributed by atoms with van der Waals surface area (Å²) in [7, 11) is 0. The number of ether oxygens (including phenoxy) is 1. The van der Waals surface area contributed by atoms with Crippen molar-refractivity contribution in [2.45, 2.75) is 69.6 Å². The average Bonchev–Trinajstić information content (AvgIpc) is 2.81. The van der Waals surface area contributed by atoms with E-state index in [2.05, 4.69) is 6.92 Å². The number of fused-ring (bicyclic) bond motifs is 2. The van der Waals surface area contributed by atoms with Crippen LogP contribution in [-0.4, -0.2) is 24.1 Å². The third-order valence-electron chi connectivity index (χ3n) is 5.82. The maximum atomic E-state index is 13.0. The molecule has 0 aromatic heterocycles. The smallest absolute Gasteiger partial charge is 0.313 e. The molecule has 3 rings (SSSR count). The summed E-state index contributed by atoms with van der Waals surface area (Å²) in [6.07, 6.45) is 7.75. The summed E-state index contributed by atoms with van der Waals surface area (Å²) < 4.78 is 5.41. The Bertz CT molecular complexity index is 655. The second-order valence-corrected chi connectivity index (χ2v) is 8.74. The number of ketones is 1. The molecular formula is C22H30O3S. The zero-order chi connectivity index (χ0) is 18.5. The van der Waals surface area contributed by atoms with Gasteiger partial charge in [0.15, 0.2) is 5.78 Å². The van der Waals surface area contributed by atoms with Crippen molar-refractivity contribution in [1.82, 2.24) is 0 Å². The number of carbonyl (C=O) groups excluding carboxylic acids is 2. The number of Topliss-reactive ketones (excluding diaryl/α,β-unsaturated/α-hetero) is 1. The molecule has 142 valence electrons. The normalized spacial score (nSPS) is 23.5. The van der Waals surface area contributed by atoms with E-state index in [1.165, 1.54) is 19.3 Å². The van der Waals surface area contributed by atoms with Gasteiger partial charge < -0.3 is 4.74 Å². The molecule has 1 fully saturated rings. The van der Waals surface area contributed by atoms with Gasteiger partial charge in [0.2, 0.25) is 0 Å². The van der Waals surface area contributed by atoms with Gasteiger partial charge in [0.1, 0.15) is 0 Å². The van der Waals surface area contributed by atoms with Gasteiger partial charge in [-0.25, -0.2) is 0 Å². The lowest BCUT2D eigenvalue weighted by atomic mass is 9.76. The van der Waals surface area contributed by atoms with Gasteiger partial charge in [0, 0.05) is 22.1 Å². The molecule has 3 unspecified atom stereocenters. The Hall–Kier alpha value is -1.29. The number of hydrogen-bond acceptors (Lipinski definition) is 4. The van der Waals surface area contributed by atoms with Crippen molar-refractivity contribution >= 4 is 23.5 Å². The lowest BCUT2D eigenvalue weighted by molar-refractivity contribution is -0.145. The Kier molecular flexibility index (Phi) is 6.80. The lowest BCUT2D eigenvalue weighted by Crippen LogP contribution is -2.27. The van der Waals surface area contributed by atoms with Gasteiger partial charge in [-0.15, -0.1) is 11.8 Å². The van der Waals surface area contributed by atoms with Crippen LogP contribution in [0.1, 0.15) is 80.6 Å². The predicted octanol–water partition coefficient (Wildman–Crippen LogP) is 5.62. The highest BCUT2D eigenvalue weighted by Crippen LogP contribution is 2.42. The third-order valence-corrected chi connectivity index (χ3v) is 7.06. The maximum absolute atomic E-state index is 13.0. The minimum Gasteiger partial charge on any atom is -0.465 e. The highest BCUT2D eigenvalue weighted by atomic mass is 32.2. The van der Waals surface area contributed by atoms with E-state index in [-0.39, 0.29) is 17.8 Å². The fourth-order valence-corrected chi connectivity index (χ4v) is 5.40. The molecule has 2 aliphatic rings. The number of thioether (sulfide) groups is 1. The summed E-state index contributed by atoms with van der Waals surface area (Å²) in [6, 6.07) is 5.93. The van der Waals surface area contributed by atoms with Crippen molar-refractivity contribution in [2.24, 2.45) is 11.8 Å². The number of esters is 1. The Labute approximate surface area is 161 Å². The first-order valence-electron chi connectivity index (χ1n) is 10.1. The predicted molar refractivity (Wildman–Crippen MR) is 106 cm³/mol. The van der Waals surface area contributed by atoms with E-state index in [9.17, 15) is 9.59 Å². The minimum atomic E-state index is -0.289. The summed E-state index contributed by atoms with van der Waals surface area (Å²) >= 11 is 1.79. The molecule has 26 heavy (non-hydrogen) atoms. The minimum absolute atomic E-state index is 0.167. The van der Waals surface area contributed by atoms with Crippen LogP contribution in [0, 0.1) is 11.8 Å². The zero-order valence-corrected chi connectivity index (χ0v) is 16.8. The van der Waals surface area contributed by atoms with Crippen LogP contribution in [0.15, 0.2) is 23.1 Å². The number of carbonyl (C=O) groups is 2. The first kappa shape index (κ1) is 19.5. The highest BCUT2D eigenvalue weighted by molar-refractivity contribution is 7.99. The van der Waals surface area contributed by atoms with Crippen LogP contribution in [0.2, 0.25) is 0 Å². The third kappa shape index (κ3) is 4.33. The second kappa shape index (κ2) is 9.07. The van der Waals surface area contributed by atoms with Crippen molar-refractivity contribution in [1.29, 1.82) is 0 Å². The quantitative estimate of drug-likeness (QED) is 0.479. The molecule has 0 amide bonds. The Morgan fingerprint density at radius 1 is 1.27 bits per heavy atom. The molecule has 3 atom stereocenters. The molecule has 0 radical (unpaired) electrons. The summed E-state index contributed by atoms with van der Waals surface area (Å²) in [5, 5.41) is 0. The summed E-state index contributed by atoms with van der Waals surface area (Å²) in [5.74, 6) is 1.59. The number of hydrogen-bond donors (Lipinski definition) is 0. The molecule has 1 saturated carbocycles. The molecule has 0 saturated heterocycles. The number of benzene rings is 1. The van der Waals surface area contributed by atoms with Gasteiger partial charge in [0.05, 0.1) is 12.5 Å². The summed E-state index contributed by atoms with van der Waals surface area (Å²) in [5.41, 5.74) is 1.81. The number of rotatable bonds is 6.